The molecule has 29 heavy (non-hydrogen) atoms. The first kappa shape index (κ1) is 18.3. The van der Waals surface area contributed by atoms with Gasteiger partial charge in [0.25, 0.3) is 0 Å². The Morgan fingerprint density at radius 3 is 3.07 bits per heavy atom. The maximum Gasteiger partial charge on any atom is 0.306 e. The number of nitrogens with one attached hydrogen (secondary N) is 2. The fourth-order valence-corrected chi connectivity index (χ4v) is 4.62. The number of anilines is 1. The predicted molar refractivity (Wildman–Crippen MR) is 106 cm³/mol. The maximum absolute atomic E-state index is 14.5. The molecule has 0 amide bonds. The molecule has 1 aliphatic heterocycles. The minimum atomic E-state index is -0.511. The Bertz CT molecular complexity index is 1100. The van der Waals surface area contributed by atoms with Crippen LogP contribution in [0.2, 0.25) is 5.02 Å². The maximum atomic E-state index is 14.5. The molecule has 2 fully saturated rings. The van der Waals surface area contributed by atoms with E-state index in [-0.39, 0.29) is 23.2 Å². The highest BCUT2D eigenvalue weighted by Crippen LogP contribution is 2.44. The van der Waals surface area contributed by atoms with Crippen LogP contribution >= 0.6 is 11.6 Å². The number of pyridine rings is 1. The van der Waals surface area contributed by atoms with Crippen LogP contribution in [-0.4, -0.2) is 38.6 Å². The van der Waals surface area contributed by atoms with Crippen molar-refractivity contribution >= 4 is 34.4 Å². The van der Waals surface area contributed by atoms with Crippen molar-refractivity contribution in [2.75, 3.05) is 11.9 Å². The summed E-state index contributed by atoms with van der Waals surface area (Å²) in [5.74, 6) is -0.114. The number of hydrogen-bond donors (Lipinski definition) is 2. The third-order valence-electron chi connectivity index (χ3n) is 5.82. The number of H-pyrrole nitrogens is 1. The van der Waals surface area contributed by atoms with Crippen molar-refractivity contribution in [3.8, 4) is 11.4 Å². The monoisotopic (exact) mass is 415 g/mol. The summed E-state index contributed by atoms with van der Waals surface area (Å²) < 4.78 is 19.7. The fraction of sp³-hybridized carbons (Fsp3) is 0.400. The fourth-order valence-electron chi connectivity index (χ4n) is 4.46. The van der Waals surface area contributed by atoms with E-state index >= 15 is 0 Å². The molecule has 3 aromatic rings. The average molecular weight is 416 g/mol. The van der Waals surface area contributed by atoms with E-state index in [0.29, 0.717) is 35.1 Å². The minimum Gasteiger partial charge on any atom is -0.465 e. The molecule has 1 spiro atoms. The second-order valence-electron chi connectivity index (χ2n) is 7.92. The molecule has 7 nitrogen and oxygen atoms in total. The summed E-state index contributed by atoms with van der Waals surface area (Å²) in [4.78, 5) is 27.5. The van der Waals surface area contributed by atoms with Gasteiger partial charge in [0.15, 0.2) is 17.5 Å². The van der Waals surface area contributed by atoms with Crippen molar-refractivity contribution in [2.45, 2.75) is 38.1 Å². The van der Waals surface area contributed by atoms with Crippen LogP contribution in [0.3, 0.4) is 0 Å². The van der Waals surface area contributed by atoms with Gasteiger partial charge in [0, 0.05) is 34.8 Å². The molecule has 3 aromatic heterocycles. The molecule has 9 heteroatoms. The average Bonchev–Trinajstić information content (AvgIpc) is 3.27. The number of halogens is 2. The molecule has 0 unspecified atom stereocenters. The zero-order valence-corrected chi connectivity index (χ0v) is 16.3. The van der Waals surface area contributed by atoms with Crippen molar-refractivity contribution in [2.24, 2.45) is 5.41 Å². The molecule has 2 aliphatic rings. The number of carbonyl (C=O) groups excluding carboxylic acids is 1. The summed E-state index contributed by atoms with van der Waals surface area (Å²) in [6, 6.07) is 1.80. The van der Waals surface area contributed by atoms with Crippen LogP contribution in [0.4, 0.5) is 10.2 Å². The number of ether oxygens (including phenoxy) is 1. The van der Waals surface area contributed by atoms with Gasteiger partial charge in [-0.2, -0.15) is 0 Å². The van der Waals surface area contributed by atoms with Crippen LogP contribution in [-0.2, 0) is 9.53 Å². The van der Waals surface area contributed by atoms with Crippen LogP contribution in [0.1, 0.15) is 32.1 Å². The lowest BCUT2D eigenvalue weighted by Crippen LogP contribution is -2.36. The Kier molecular flexibility index (Phi) is 4.38. The number of fused-ring (bicyclic) bond motifs is 1. The van der Waals surface area contributed by atoms with E-state index in [2.05, 4.69) is 25.3 Å². The van der Waals surface area contributed by atoms with Gasteiger partial charge in [-0.1, -0.05) is 18.0 Å². The van der Waals surface area contributed by atoms with Gasteiger partial charge in [-0.05, 0) is 25.3 Å². The van der Waals surface area contributed by atoms with E-state index in [0.717, 1.165) is 31.1 Å². The molecule has 2 N–H and O–H groups in total. The first-order chi connectivity index (χ1) is 14.0. The van der Waals surface area contributed by atoms with Gasteiger partial charge < -0.3 is 15.0 Å². The minimum absolute atomic E-state index is 0.0228. The van der Waals surface area contributed by atoms with Crippen molar-refractivity contribution in [3.05, 3.63) is 35.5 Å². The summed E-state index contributed by atoms with van der Waals surface area (Å²) in [6.45, 7) is 0.449. The predicted octanol–water partition coefficient (Wildman–Crippen LogP) is 4.10. The van der Waals surface area contributed by atoms with Crippen molar-refractivity contribution in [1.82, 2.24) is 19.9 Å². The molecule has 0 aromatic carbocycles. The first-order valence-corrected chi connectivity index (χ1v) is 9.97. The molecule has 2 atom stereocenters. The number of rotatable bonds is 3. The van der Waals surface area contributed by atoms with Gasteiger partial charge >= 0.3 is 5.97 Å². The molecule has 0 radical (unpaired) electrons. The van der Waals surface area contributed by atoms with Crippen molar-refractivity contribution in [1.29, 1.82) is 0 Å². The normalized spacial score (nSPS) is 24.2. The van der Waals surface area contributed by atoms with Crippen LogP contribution in [0.15, 0.2) is 24.7 Å². The number of cyclic esters (lactones) is 1. The third kappa shape index (κ3) is 3.42. The number of esters is 1. The molecule has 0 bridgehead atoms. The van der Waals surface area contributed by atoms with E-state index in [1.165, 1.54) is 6.20 Å². The highest BCUT2D eigenvalue weighted by molar-refractivity contribution is 6.31. The van der Waals surface area contributed by atoms with Crippen LogP contribution in [0.25, 0.3) is 22.4 Å². The molecular formula is C20H19ClFN5O2. The largest absolute Gasteiger partial charge is 0.465 e. The lowest BCUT2D eigenvalue weighted by Gasteiger charge is -2.36. The van der Waals surface area contributed by atoms with Crippen LogP contribution in [0.5, 0.6) is 0 Å². The molecule has 150 valence electrons. The van der Waals surface area contributed by atoms with Crippen molar-refractivity contribution < 1.29 is 13.9 Å². The standard InChI is InChI=1S/C20H19ClFN5O2/c21-11-4-13-14(8-24-17(13)23-7-11)18-25-9-15(22)19(27-18)26-12-2-1-3-20(5-12)6-16(28)29-10-20/h4,7-9,12H,1-3,5-6,10H2,(H,23,24)(H,25,26,27)/t12-,20-/m0/s1. The Labute approximate surface area is 171 Å². The lowest BCUT2D eigenvalue weighted by atomic mass is 9.71. The van der Waals surface area contributed by atoms with Gasteiger partial charge in [0.05, 0.1) is 24.2 Å². The second-order valence-corrected chi connectivity index (χ2v) is 8.35. The number of aromatic nitrogens is 4. The van der Waals surface area contributed by atoms with E-state index in [4.69, 9.17) is 16.3 Å². The van der Waals surface area contributed by atoms with Gasteiger partial charge in [0.1, 0.15) is 5.65 Å². The Morgan fingerprint density at radius 2 is 2.24 bits per heavy atom. The molecule has 1 saturated carbocycles. The van der Waals surface area contributed by atoms with Gasteiger partial charge in [-0.3, -0.25) is 4.79 Å². The number of hydrogen-bond acceptors (Lipinski definition) is 6. The zero-order valence-electron chi connectivity index (χ0n) is 15.5. The zero-order chi connectivity index (χ0) is 20.0. The number of nitrogens with zero attached hydrogens (tertiary/aromatic N) is 3. The highest BCUT2D eigenvalue weighted by atomic mass is 35.5. The van der Waals surface area contributed by atoms with Gasteiger partial charge in [0.2, 0.25) is 0 Å². The summed E-state index contributed by atoms with van der Waals surface area (Å²) in [7, 11) is 0. The summed E-state index contributed by atoms with van der Waals surface area (Å²) in [5, 5.41) is 4.50. The molecule has 4 heterocycles. The summed E-state index contributed by atoms with van der Waals surface area (Å²) in [6.07, 6.45) is 8.46. The topological polar surface area (TPSA) is 92.8 Å². The summed E-state index contributed by atoms with van der Waals surface area (Å²) >= 11 is 6.07. The van der Waals surface area contributed by atoms with E-state index in [1.54, 1.807) is 18.5 Å². The molecular weight excluding hydrogens is 397 g/mol. The Balaban J connectivity index is 1.42. The molecule has 1 aliphatic carbocycles. The van der Waals surface area contributed by atoms with Crippen molar-refractivity contribution in [3.63, 3.8) is 0 Å². The second kappa shape index (κ2) is 6.95. The molecule has 5 rings (SSSR count). The Hall–Kier alpha value is -2.74. The quantitative estimate of drug-likeness (QED) is 0.625. The smallest absolute Gasteiger partial charge is 0.306 e. The third-order valence-corrected chi connectivity index (χ3v) is 6.03. The van der Waals surface area contributed by atoms with Crippen LogP contribution < -0.4 is 5.32 Å². The van der Waals surface area contributed by atoms with Gasteiger partial charge in [-0.25, -0.2) is 19.3 Å². The van der Waals surface area contributed by atoms with E-state index in [1.807, 2.05) is 0 Å². The summed E-state index contributed by atoms with van der Waals surface area (Å²) in [5.41, 5.74) is 1.22. The number of aromatic amines is 1. The SMILES string of the molecule is O=C1C[C@@]2(CCC[C@H](Nc3nc(-c4c[nH]c5ncc(Cl)cc45)ncc3F)C2)CO1. The number of carbonyl (C=O) groups is 1. The van der Waals surface area contributed by atoms with E-state index in [9.17, 15) is 9.18 Å². The Morgan fingerprint density at radius 1 is 1.34 bits per heavy atom. The van der Waals surface area contributed by atoms with Crippen LogP contribution in [0, 0.1) is 11.2 Å². The lowest BCUT2D eigenvalue weighted by molar-refractivity contribution is -0.137. The highest BCUT2D eigenvalue weighted by Gasteiger charge is 2.44. The van der Waals surface area contributed by atoms with Gasteiger partial charge in [-0.15, -0.1) is 0 Å². The van der Waals surface area contributed by atoms with E-state index < -0.39 is 5.82 Å². The first-order valence-electron chi connectivity index (χ1n) is 9.59. The molecule has 1 saturated heterocycles.